The van der Waals surface area contributed by atoms with Crippen LogP contribution in [-0.2, 0) is 26.2 Å². The van der Waals surface area contributed by atoms with Crippen molar-refractivity contribution in [2.75, 3.05) is 0 Å². The van der Waals surface area contributed by atoms with Gasteiger partial charge in [-0.25, -0.2) is 5.57 Å². The number of hydrogen-bond acceptors (Lipinski definition) is 2. The molecular formula is C21H25Cl2N3Zr. The molecule has 0 aliphatic heterocycles. The largest absolute Gasteiger partial charge is 2.00 e. The standard InChI is InChI=1S/C11H8N3.C10H15.2ClH.Zr/c1-2-4-10-9(3-1)5-6-11(10)14-7-12-13-8-14;1-7-6-10(4,5)9(3)8(7)2;;;/h1-8H;1-5H3;2*1H;/q2*-1;;;+2. The summed E-state index contributed by atoms with van der Waals surface area (Å²) in [5, 5.41) is 10.1. The second-order valence-corrected chi connectivity index (χ2v) is 6.80. The van der Waals surface area contributed by atoms with Crippen LogP contribution in [0.2, 0.25) is 0 Å². The van der Waals surface area contributed by atoms with E-state index >= 15 is 0 Å². The Labute approximate surface area is 193 Å². The van der Waals surface area contributed by atoms with Crippen molar-refractivity contribution in [1.29, 1.82) is 0 Å². The van der Waals surface area contributed by atoms with Gasteiger partial charge in [-0.3, -0.25) is 6.08 Å². The molecule has 2 aromatic carbocycles. The Kier molecular flexibility index (Phi) is 10.0. The van der Waals surface area contributed by atoms with E-state index in [0.29, 0.717) is 0 Å². The molecule has 0 unspecified atom stereocenters. The van der Waals surface area contributed by atoms with Gasteiger partial charge in [-0.05, 0) is 5.69 Å². The maximum atomic E-state index is 3.80. The number of aromatic nitrogens is 3. The minimum absolute atomic E-state index is 0. The molecule has 1 heterocycles. The van der Waals surface area contributed by atoms with Gasteiger partial charge in [-0.1, -0.05) is 68.1 Å². The smallest absolute Gasteiger partial charge is 0.370 e. The first-order valence-electron chi connectivity index (χ1n) is 8.19. The molecule has 0 fully saturated rings. The predicted octanol–water partition coefficient (Wildman–Crippen LogP) is 6.09. The zero-order valence-electron chi connectivity index (χ0n) is 16.3. The Bertz CT molecular complexity index is 922. The fourth-order valence-corrected chi connectivity index (χ4v) is 3.09. The average Bonchev–Trinajstić information content (AvgIpc) is 3.25. The fraction of sp³-hybridized carbons (Fsp3) is 0.286. The molecule has 0 atom stereocenters. The molecule has 0 saturated heterocycles. The van der Waals surface area contributed by atoms with Crippen molar-refractivity contribution in [3.8, 4) is 5.69 Å². The van der Waals surface area contributed by atoms with Gasteiger partial charge in [0.2, 0.25) is 0 Å². The molecule has 0 saturated carbocycles. The number of rotatable bonds is 1. The van der Waals surface area contributed by atoms with Crippen LogP contribution in [0.1, 0.15) is 34.6 Å². The van der Waals surface area contributed by atoms with E-state index in [0.717, 1.165) is 5.69 Å². The Morgan fingerprint density at radius 3 is 2.04 bits per heavy atom. The molecule has 0 spiro atoms. The predicted molar refractivity (Wildman–Crippen MR) is 114 cm³/mol. The van der Waals surface area contributed by atoms with Gasteiger partial charge in [0.15, 0.2) is 0 Å². The summed E-state index contributed by atoms with van der Waals surface area (Å²) in [5.41, 5.74) is 5.52. The van der Waals surface area contributed by atoms with Crippen LogP contribution >= 0.6 is 24.8 Å². The molecular weight excluding hydrogens is 456 g/mol. The van der Waals surface area contributed by atoms with E-state index in [1.807, 2.05) is 16.7 Å². The fourth-order valence-electron chi connectivity index (χ4n) is 3.09. The summed E-state index contributed by atoms with van der Waals surface area (Å²) in [5.74, 6) is 0. The number of fused-ring (bicyclic) bond motifs is 1. The quantitative estimate of drug-likeness (QED) is 0.394. The van der Waals surface area contributed by atoms with Gasteiger partial charge < -0.3 is 4.57 Å². The molecule has 1 aliphatic rings. The topological polar surface area (TPSA) is 30.7 Å². The molecule has 1 aromatic heterocycles. The van der Waals surface area contributed by atoms with Crippen LogP contribution in [0, 0.1) is 11.5 Å². The monoisotopic (exact) mass is 479 g/mol. The Hall–Kier alpha value is -1.09. The van der Waals surface area contributed by atoms with Crippen molar-refractivity contribution in [1.82, 2.24) is 14.8 Å². The van der Waals surface area contributed by atoms with Crippen LogP contribution in [0.15, 0.2) is 65.8 Å². The van der Waals surface area contributed by atoms with Crippen molar-refractivity contribution in [2.45, 2.75) is 34.6 Å². The summed E-state index contributed by atoms with van der Waals surface area (Å²) in [4.78, 5) is 0. The van der Waals surface area contributed by atoms with Gasteiger partial charge in [0.1, 0.15) is 0 Å². The summed E-state index contributed by atoms with van der Waals surface area (Å²) in [6.07, 6.45) is 6.86. The first-order valence-corrected chi connectivity index (χ1v) is 8.19. The zero-order valence-corrected chi connectivity index (χ0v) is 20.4. The second-order valence-electron chi connectivity index (χ2n) is 6.80. The van der Waals surface area contributed by atoms with Gasteiger partial charge in [0.05, 0.1) is 12.7 Å². The van der Waals surface area contributed by atoms with Crippen LogP contribution in [0.4, 0.5) is 0 Å². The average molecular weight is 482 g/mol. The van der Waals surface area contributed by atoms with Crippen LogP contribution in [-0.4, -0.2) is 14.8 Å². The molecule has 0 amide bonds. The van der Waals surface area contributed by atoms with Gasteiger partial charge in [0.25, 0.3) is 0 Å². The summed E-state index contributed by atoms with van der Waals surface area (Å²) >= 11 is 0. The van der Waals surface area contributed by atoms with Crippen molar-refractivity contribution < 1.29 is 26.2 Å². The van der Waals surface area contributed by atoms with Crippen molar-refractivity contribution in [2.24, 2.45) is 5.41 Å². The van der Waals surface area contributed by atoms with Crippen molar-refractivity contribution in [3.63, 3.8) is 0 Å². The summed E-state index contributed by atoms with van der Waals surface area (Å²) in [6.45, 7) is 10.9. The minimum Gasteiger partial charge on any atom is -0.370 e. The summed E-state index contributed by atoms with van der Waals surface area (Å²) < 4.78 is 1.92. The molecule has 3 aromatic rings. The van der Waals surface area contributed by atoms with E-state index in [4.69, 9.17) is 0 Å². The molecule has 6 heteroatoms. The van der Waals surface area contributed by atoms with E-state index in [1.54, 1.807) is 12.7 Å². The third kappa shape index (κ3) is 5.47. The normalized spacial score (nSPS) is 14.3. The van der Waals surface area contributed by atoms with E-state index < -0.39 is 0 Å². The maximum absolute atomic E-state index is 3.80. The van der Waals surface area contributed by atoms with Crippen LogP contribution in [0.5, 0.6) is 0 Å². The first kappa shape index (κ1) is 25.9. The second kappa shape index (κ2) is 10.5. The molecule has 4 rings (SSSR count). The maximum Gasteiger partial charge on any atom is 2.00 e. The zero-order chi connectivity index (χ0) is 17.3. The van der Waals surface area contributed by atoms with Crippen molar-refractivity contribution in [3.05, 3.63) is 71.8 Å². The minimum atomic E-state index is 0. The molecule has 1 aliphatic carbocycles. The molecule has 142 valence electrons. The summed E-state index contributed by atoms with van der Waals surface area (Å²) in [6, 6.07) is 12.5. The van der Waals surface area contributed by atoms with Gasteiger partial charge in [0, 0.05) is 0 Å². The van der Waals surface area contributed by atoms with Gasteiger partial charge in [-0.2, -0.15) is 21.3 Å². The van der Waals surface area contributed by atoms with Crippen LogP contribution in [0.3, 0.4) is 0 Å². The van der Waals surface area contributed by atoms with E-state index in [-0.39, 0.29) is 56.4 Å². The Morgan fingerprint density at radius 2 is 1.56 bits per heavy atom. The number of halogens is 2. The third-order valence-electron chi connectivity index (χ3n) is 4.92. The molecule has 0 radical (unpaired) electrons. The Balaban J connectivity index is 0.000000473. The Morgan fingerprint density at radius 1 is 0.963 bits per heavy atom. The molecule has 27 heavy (non-hydrogen) atoms. The molecule has 3 nitrogen and oxygen atoms in total. The molecule has 0 N–H and O–H groups in total. The third-order valence-corrected chi connectivity index (χ3v) is 4.92. The van der Waals surface area contributed by atoms with Crippen molar-refractivity contribution >= 4 is 35.6 Å². The number of allylic oxidation sites excluding steroid dienone is 4. The van der Waals surface area contributed by atoms with E-state index in [9.17, 15) is 0 Å². The number of benzene rings is 1. The number of nitrogens with zero attached hydrogens (tertiary/aromatic N) is 3. The first-order chi connectivity index (χ1) is 11.4. The van der Waals surface area contributed by atoms with Crippen LogP contribution in [0.25, 0.3) is 16.5 Å². The molecule has 0 bridgehead atoms. The van der Waals surface area contributed by atoms with Gasteiger partial charge >= 0.3 is 26.2 Å². The number of hydrogen-bond donors (Lipinski definition) is 0. The van der Waals surface area contributed by atoms with E-state index in [1.165, 1.54) is 27.5 Å². The van der Waals surface area contributed by atoms with Crippen LogP contribution < -0.4 is 0 Å². The summed E-state index contributed by atoms with van der Waals surface area (Å²) in [7, 11) is 0. The van der Waals surface area contributed by atoms with Gasteiger partial charge in [-0.15, -0.1) is 43.9 Å². The van der Waals surface area contributed by atoms with E-state index in [2.05, 4.69) is 75.2 Å². The SMILES string of the molecule is CC1=[C-]C(C)(C)C(C)=C1C.Cl.Cl.[Zr+2].c1ccc2c(c1)cc[c-]2-n1cnnc1.